The van der Waals surface area contributed by atoms with E-state index in [1.54, 1.807) is 12.4 Å². The minimum Gasteiger partial charge on any atom is -0.356 e. The molecule has 3 aromatic rings. The summed E-state index contributed by atoms with van der Waals surface area (Å²) in [5.74, 6) is 1.77. The van der Waals surface area contributed by atoms with E-state index in [1.807, 2.05) is 31.6 Å². The summed E-state index contributed by atoms with van der Waals surface area (Å²) in [5.41, 5.74) is 2.23. The maximum atomic E-state index is 4.46. The summed E-state index contributed by atoms with van der Waals surface area (Å²) in [4.78, 5) is 22.1. The molecule has 8 nitrogen and oxygen atoms in total. The lowest BCUT2D eigenvalue weighted by Gasteiger charge is -2.36. The molecule has 1 N–H and O–H groups in total. The number of anilines is 1. The van der Waals surface area contributed by atoms with Crippen LogP contribution in [0.1, 0.15) is 6.42 Å². The van der Waals surface area contributed by atoms with Crippen molar-refractivity contribution in [2.75, 3.05) is 44.7 Å². The van der Waals surface area contributed by atoms with Crippen LogP contribution in [-0.4, -0.2) is 70.1 Å². The van der Waals surface area contributed by atoms with Crippen molar-refractivity contribution in [2.24, 2.45) is 4.99 Å². The lowest BCUT2D eigenvalue weighted by atomic mass is 10.3. The molecule has 0 amide bonds. The summed E-state index contributed by atoms with van der Waals surface area (Å²) in [6.45, 7) is 5.41. The van der Waals surface area contributed by atoms with Gasteiger partial charge in [-0.3, -0.25) is 4.99 Å². The highest BCUT2D eigenvalue weighted by atomic mass is 15.4. The lowest BCUT2D eigenvalue weighted by molar-refractivity contribution is 0.369. The van der Waals surface area contributed by atoms with Crippen molar-refractivity contribution >= 4 is 22.9 Å². The number of aryl methyl sites for hydroxylation is 1. The van der Waals surface area contributed by atoms with Gasteiger partial charge in [0.25, 0.3) is 0 Å². The van der Waals surface area contributed by atoms with Crippen LogP contribution < -0.4 is 10.2 Å². The maximum absolute atomic E-state index is 4.46. The zero-order chi connectivity index (χ0) is 19.2. The molecule has 0 spiro atoms. The van der Waals surface area contributed by atoms with Crippen LogP contribution in [0.4, 0.5) is 5.95 Å². The Morgan fingerprint density at radius 2 is 1.82 bits per heavy atom. The number of benzene rings is 1. The van der Waals surface area contributed by atoms with Crippen molar-refractivity contribution in [3.05, 3.63) is 49.1 Å². The average Bonchev–Trinajstić information content (AvgIpc) is 3.18. The van der Waals surface area contributed by atoms with Crippen LogP contribution in [0.3, 0.4) is 0 Å². The molecule has 1 fully saturated rings. The van der Waals surface area contributed by atoms with Gasteiger partial charge in [-0.15, -0.1) is 0 Å². The standard InChI is InChI=1S/C20H26N8/c1-21-19(26-12-14-27(15-13-26)20-23-8-4-9-24-20)22-10-5-11-28-16-25-17-6-2-3-7-18(17)28/h2-4,6-9,16H,5,10-15H2,1H3,(H,21,22). The van der Waals surface area contributed by atoms with E-state index in [-0.39, 0.29) is 0 Å². The minimum atomic E-state index is 0.803. The second kappa shape index (κ2) is 8.69. The second-order valence-corrected chi connectivity index (χ2v) is 6.78. The zero-order valence-corrected chi connectivity index (χ0v) is 16.2. The van der Waals surface area contributed by atoms with Gasteiger partial charge >= 0.3 is 0 Å². The molecule has 0 atom stereocenters. The van der Waals surface area contributed by atoms with Crippen LogP contribution in [0.15, 0.2) is 54.0 Å². The number of aromatic nitrogens is 4. The Bertz CT molecular complexity index is 912. The molecule has 0 saturated carbocycles. The highest BCUT2D eigenvalue weighted by Crippen LogP contribution is 2.12. The number of hydrogen-bond donors (Lipinski definition) is 1. The van der Waals surface area contributed by atoms with Crippen molar-refractivity contribution in [1.29, 1.82) is 0 Å². The van der Waals surface area contributed by atoms with E-state index in [0.717, 1.165) is 63.1 Å². The summed E-state index contributed by atoms with van der Waals surface area (Å²) in [6, 6.07) is 10.1. The molecule has 3 heterocycles. The Kier molecular flexibility index (Phi) is 5.65. The van der Waals surface area contributed by atoms with E-state index in [9.17, 15) is 0 Å². The summed E-state index contributed by atoms with van der Waals surface area (Å²) in [6.07, 6.45) is 6.51. The summed E-state index contributed by atoms with van der Waals surface area (Å²) in [7, 11) is 1.85. The maximum Gasteiger partial charge on any atom is 0.225 e. The fraction of sp³-hybridized carbons (Fsp3) is 0.400. The van der Waals surface area contributed by atoms with Gasteiger partial charge in [-0.25, -0.2) is 15.0 Å². The Balaban J connectivity index is 1.24. The van der Waals surface area contributed by atoms with E-state index in [2.05, 4.69) is 51.8 Å². The Morgan fingerprint density at radius 3 is 2.61 bits per heavy atom. The number of nitrogens with zero attached hydrogens (tertiary/aromatic N) is 7. The summed E-state index contributed by atoms with van der Waals surface area (Å²) in [5, 5.41) is 3.50. The normalized spacial score (nSPS) is 15.2. The predicted octanol–water partition coefficient (Wildman–Crippen LogP) is 1.61. The Labute approximate surface area is 164 Å². The van der Waals surface area contributed by atoms with Gasteiger partial charge in [-0.1, -0.05) is 12.1 Å². The monoisotopic (exact) mass is 378 g/mol. The highest BCUT2D eigenvalue weighted by Gasteiger charge is 2.20. The van der Waals surface area contributed by atoms with E-state index in [4.69, 9.17) is 0 Å². The molecule has 0 aliphatic carbocycles. The van der Waals surface area contributed by atoms with Crippen molar-refractivity contribution in [2.45, 2.75) is 13.0 Å². The SMILES string of the molecule is CN=C(NCCCn1cnc2ccccc21)N1CCN(c2ncccn2)CC1. The van der Waals surface area contributed by atoms with E-state index < -0.39 is 0 Å². The predicted molar refractivity (Wildman–Crippen MR) is 112 cm³/mol. The number of guanidine groups is 1. The first kappa shape index (κ1) is 18.2. The second-order valence-electron chi connectivity index (χ2n) is 6.78. The molecule has 28 heavy (non-hydrogen) atoms. The third kappa shape index (κ3) is 4.05. The van der Waals surface area contributed by atoms with Gasteiger partial charge in [0.2, 0.25) is 5.95 Å². The third-order valence-electron chi connectivity index (χ3n) is 5.01. The summed E-state index contributed by atoms with van der Waals surface area (Å²) < 4.78 is 2.21. The first-order valence-electron chi connectivity index (χ1n) is 9.72. The van der Waals surface area contributed by atoms with Gasteiger partial charge in [0.15, 0.2) is 5.96 Å². The number of hydrogen-bond acceptors (Lipinski definition) is 5. The Hall–Kier alpha value is -3.16. The number of piperazine rings is 1. The largest absolute Gasteiger partial charge is 0.356 e. The molecule has 146 valence electrons. The van der Waals surface area contributed by atoms with Crippen LogP contribution in [0.5, 0.6) is 0 Å². The quantitative estimate of drug-likeness (QED) is 0.413. The molecular formula is C20H26N8. The molecule has 1 saturated heterocycles. The van der Waals surface area contributed by atoms with E-state index in [1.165, 1.54) is 5.52 Å². The van der Waals surface area contributed by atoms with Gasteiger partial charge in [-0.05, 0) is 24.6 Å². The van der Waals surface area contributed by atoms with Crippen LogP contribution in [0.2, 0.25) is 0 Å². The number of para-hydroxylation sites is 2. The number of imidazole rings is 1. The number of nitrogens with one attached hydrogen (secondary N) is 1. The zero-order valence-electron chi connectivity index (χ0n) is 16.2. The lowest BCUT2D eigenvalue weighted by Crippen LogP contribution is -2.53. The van der Waals surface area contributed by atoms with E-state index >= 15 is 0 Å². The van der Waals surface area contributed by atoms with Gasteiger partial charge in [0.05, 0.1) is 17.4 Å². The summed E-state index contributed by atoms with van der Waals surface area (Å²) >= 11 is 0. The molecule has 0 unspecified atom stereocenters. The fourth-order valence-electron chi connectivity index (χ4n) is 3.54. The molecule has 8 heteroatoms. The van der Waals surface area contributed by atoms with Crippen molar-refractivity contribution in [1.82, 2.24) is 29.7 Å². The van der Waals surface area contributed by atoms with Gasteiger partial charge in [0.1, 0.15) is 0 Å². The molecule has 1 aliphatic rings. The molecule has 4 rings (SSSR count). The van der Waals surface area contributed by atoms with Crippen molar-refractivity contribution in [3.63, 3.8) is 0 Å². The Morgan fingerprint density at radius 1 is 1.04 bits per heavy atom. The first-order chi connectivity index (χ1) is 13.8. The molecule has 2 aromatic heterocycles. The molecule has 0 bridgehead atoms. The van der Waals surface area contributed by atoms with Crippen LogP contribution in [0.25, 0.3) is 11.0 Å². The van der Waals surface area contributed by atoms with Crippen LogP contribution >= 0.6 is 0 Å². The smallest absolute Gasteiger partial charge is 0.225 e. The van der Waals surface area contributed by atoms with Crippen molar-refractivity contribution < 1.29 is 0 Å². The van der Waals surface area contributed by atoms with Crippen LogP contribution in [-0.2, 0) is 6.54 Å². The topological polar surface area (TPSA) is 74.5 Å². The average molecular weight is 378 g/mol. The highest BCUT2D eigenvalue weighted by molar-refractivity contribution is 5.80. The number of rotatable bonds is 5. The van der Waals surface area contributed by atoms with E-state index in [0.29, 0.717) is 0 Å². The fourth-order valence-corrected chi connectivity index (χ4v) is 3.54. The first-order valence-corrected chi connectivity index (χ1v) is 9.72. The molecule has 0 radical (unpaired) electrons. The van der Waals surface area contributed by atoms with Crippen LogP contribution in [0, 0.1) is 0 Å². The van der Waals surface area contributed by atoms with Gasteiger partial charge in [-0.2, -0.15) is 0 Å². The molecule has 1 aromatic carbocycles. The number of fused-ring (bicyclic) bond motifs is 1. The number of aliphatic imine (C=N–C) groups is 1. The minimum absolute atomic E-state index is 0.803. The van der Waals surface area contributed by atoms with Gasteiger partial charge in [0, 0.05) is 58.7 Å². The third-order valence-corrected chi connectivity index (χ3v) is 5.01. The molecule has 1 aliphatic heterocycles. The van der Waals surface area contributed by atoms with Gasteiger partial charge < -0.3 is 19.7 Å². The molecular weight excluding hydrogens is 352 g/mol. The van der Waals surface area contributed by atoms with Crippen molar-refractivity contribution in [3.8, 4) is 0 Å².